The molecule has 0 aliphatic rings. The SMILES string of the molecule is [C-]#[N+]c1ccc2c(c1)c1cc(C#N)ccc1n2-c1cccc(-c2ccccc2[Si](c2ccccc2)(c2ccccc2)c2ccccc2)c1. The summed E-state index contributed by atoms with van der Waals surface area (Å²) in [6, 6.07) is 64.6. The van der Waals surface area contributed by atoms with E-state index in [1.54, 1.807) is 0 Å². The molecule has 4 heteroatoms. The van der Waals surface area contributed by atoms with Crippen molar-refractivity contribution in [2.45, 2.75) is 0 Å². The molecule has 8 rings (SSSR count). The highest BCUT2D eigenvalue weighted by atomic mass is 28.3. The molecule has 0 aliphatic heterocycles. The van der Waals surface area contributed by atoms with Crippen LogP contribution < -0.4 is 20.7 Å². The maximum Gasteiger partial charge on any atom is 0.188 e. The van der Waals surface area contributed by atoms with Crippen molar-refractivity contribution in [3.63, 3.8) is 0 Å². The Morgan fingerprint density at radius 2 is 1.10 bits per heavy atom. The minimum atomic E-state index is -2.79. The van der Waals surface area contributed by atoms with Gasteiger partial charge in [0.25, 0.3) is 0 Å². The van der Waals surface area contributed by atoms with Gasteiger partial charge in [-0.15, -0.1) is 0 Å². The minimum Gasteiger partial charge on any atom is -0.309 e. The van der Waals surface area contributed by atoms with Crippen LogP contribution in [0.3, 0.4) is 0 Å². The van der Waals surface area contributed by atoms with Crippen molar-refractivity contribution in [2.75, 3.05) is 0 Å². The van der Waals surface area contributed by atoms with E-state index in [9.17, 15) is 5.26 Å². The largest absolute Gasteiger partial charge is 0.309 e. The van der Waals surface area contributed by atoms with Gasteiger partial charge in [0.1, 0.15) is 0 Å². The predicted octanol–water partition coefficient (Wildman–Crippen LogP) is 8.25. The first kappa shape index (κ1) is 29.0. The highest BCUT2D eigenvalue weighted by molar-refractivity contribution is 7.20. The minimum absolute atomic E-state index is 0.579. The Morgan fingerprint density at radius 3 is 1.71 bits per heavy atom. The van der Waals surface area contributed by atoms with Crippen molar-refractivity contribution in [1.29, 1.82) is 5.26 Å². The molecule has 0 unspecified atom stereocenters. The van der Waals surface area contributed by atoms with Gasteiger partial charge in [-0.2, -0.15) is 5.26 Å². The Hall–Kier alpha value is -6.46. The second kappa shape index (κ2) is 12.0. The van der Waals surface area contributed by atoms with Gasteiger partial charge in [-0.3, -0.25) is 0 Å². The van der Waals surface area contributed by atoms with Crippen LogP contribution in [0.2, 0.25) is 0 Å². The zero-order valence-electron chi connectivity index (χ0n) is 26.1. The molecule has 48 heavy (non-hydrogen) atoms. The van der Waals surface area contributed by atoms with E-state index in [1.165, 1.54) is 26.3 Å². The molecule has 0 bridgehead atoms. The van der Waals surface area contributed by atoms with Crippen LogP contribution in [0.15, 0.2) is 176 Å². The molecule has 8 aromatic rings. The molecule has 3 nitrogen and oxygen atoms in total. The van der Waals surface area contributed by atoms with Gasteiger partial charge in [-0.05, 0) is 79.7 Å². The van der Waals surface area contributed by atoms with Gasteiger partial charge >= 0.3 is 0 Å². The van der Waals surface area contributed by atoms with Crippen LogP contribution in [0.1, 0.15) is 5.56 Å². The molecule has 0 saturated carbocycles. The number of fused-ring (bicyclic) bond motifs is 3. The standard InChI is InChI=1S/C44H29N3Si/c1-46-34-25-27-43-41(30-34)40-28-32(31-45)24-26-42(40)47(43)35-15-13-14-33(29-35)39-22-11-12-23-44(39)48(36-16-5-2-6-17-36,37-18-7-3-8-19-37)38-20-9-4-10-21-38/h2-30H. The number of nitrogens with zero attached hydrogens (tertiary/aromatic N) is 3. The predicted molar refractivity (Wildman–Crippen MR) is 201 cm³/mol. The van der Waals surface area contributed by atoms with Crippen molar-refractivity contribution < 1.29 is 0 Å². The third kappa shape index (κ3) is 4.64. The number of hydrogen-bond donors (Lipinski definition) is 0. The van der Waals surface area contributed by atoms with E-state index >= 15 is 0 Å². The molecule has 0 spiro atoms. The van der Waals surface area contributed by atoms with Gasteiger partial charge in [0.15, 0.2) is 13.8 Å². The van der Waals surface area contributed by atoms with E-state index in [-0.39, 0.29) is 0 Å². The van der Waals surface area contributed by atoms with E-state index in [1.807, 2.05) is 36.4 Å². The maximum atomic E-state index is 9.69. The molecular formula is C44H29N3Si. The highest BCUT2D eigenvalue weighted by Gasteiger charge is 2.42. The average Bonchev–Trinajstić information content (AvgIpc) is 3.49. The molecule has 1 heterocycles. The molecule has 0 radical (unpaired) electrons. The monoisotopic (exact) mass is 627 g/mol. The topological polar surface area (TPSA) is 33.1 Å². The summed E-state index contributed by atoms with van der Waals surface area (Å²) in [4.78, 5) is 3.69. The maximum absolute atomic E-state index is 9.69. The van der Waals surface area contributed by atoms with E-state index in [0.717, 1.165) is 33.1 Å². The Bertz CT molecular complexity index is 2350. The lowest BCUT2D eigenvalue weighted by atomic mass is 10.0. The van der Waals surface area contributed by atoms with Crippen LogP contribution >= 0.6 is 0 Å². The van der Waals surface area contributed by atoms with Gasteiger partial charge < -0.3 is 4.57 Å². The summed E-state index contributed by atoms with van der Waals surface area (Å²) in [5.74, 6) is 0. The molecule has 0 saturated heterocycles. The zero-order valence-corrected chi connectivity index (χ0v) is 27.1. The van der Waals surface area contributed by atoms with Crippen molar-refractivity contribution in [3.8, 4) is 22.9 Å². The summed E-state index contributed by atoms with van der Waals surface area (Å²) < 4.78 is 2.25. The lowest BCUT2D eigenvalue weighted by Crippen LogP contribution is -2.75. The van der Waals surface area contributed by atoms with E-state index in [2.05, 4.69) is 155 Å². The van der Waals surface area contributed by atoms with Crippen LogP contribution in [-0.2, 0) is 0 Å². The highest BCUT2D eigenvalue weighted by Crippen LogP contribution is 2.36. The van der Waals surface area contributed by atoms with Crippen LogP contribution in [-0.4, -0.2) is 12.6 Å². The molecule has 0 aliphatic carbocycles. The fourth-order valence-corrected chi connectivity index (χ4v) is 12.3. The molecule has 0 atom stereocenters. The lowest BCUT2D eigenvalue weighted by Gasteiger charge is -2.36. The lowest BCUT2D eigenvalue weighted by molar-refractivity contribution is 1.18. The average molecular weight is 628 g/mol. The normalized spacial score (nSPS) is 11.3. The Labute approximate surface area is 281 Å². The number of nitriles is 1. The quantitative estimate of drug-likeness (QED) is 0.104. The number of benzene rings is 7. The second-order valence-electron chi connectivity index (χ2n) is 11.9. The molecular weight excluding hydrogens is 599 g/mol. The summed E-state index contributed by atoms with van der Waals surface area (Å²) in [5, 5.41) is 16.9. The van der Waals surface area contributed by atoms with Crippen molar-refractivity contribution in [1.82, 2.24) is 4.57 Å². The van der Waals surface area contributed by atoms with Gasteiger partial charge in [0.2, 0.25) is 0 Å². The molecule has 0 N–H and O–H groups in total. The van der Waals surface area contributed by atoms with Crippen LogP contribution in [0.4, 0.5) is 5.69 Å². The van der Waals surface area contributed by atoms with Crippen LogP contribution in [0.5, 0.6) is 0 Å². The Morgan fingerprint density at radius 1 is 0.542 bits per heavy atom. The third-order valence-electron chi connectivity index (χ3n) is 9.37. The summed E-state index contributed by atoms with van der Waals surface area (Å²) in [5.41, 5.74) is 6.53. The van der Waals surface area contributed by atoms with Gasteiger partial charge in [-0.1, -0.05) is 133 Å². The molecule has 0 fully saturated rings. The number of rotatable bonds is 6. The summed E-state index contributed by atoms with van der Waals surface area (Å²) >= 11 is 0. The molecule has 7 aromatic carbocycles. The zero-order chi connectivity index (χ0) is 32.5. The van der Waals surface area contributed by atoms with Crippen molar-refractivity contribution in [3.05, 3.63) is 193 Å². The molecule has 1 aromatic heterocycles. The third-order valence-corrected chi connectivity index (χ3v) is 14.2. The molecule has 0 amide bonds. The molecule has 224 valence electrons. The van der Waals surface area contributed by atoms with Gasteiger partial charge in [-0.25, -0.2) is 4.85 Å². The van der Waals surface area contributed by atoms with E-state index in [0.29, 0.717) is 11.3 Å². The van der Waals surface area contributed by atoms with E-state index in [4.69, 9.17) is 6.57 Å². The van der Waals surface area contributed by atoms with Gasteiger partial charge in [0, 0.05) is 11.1 Å². The summed E-state index contributed by atoms with van der Waals surface area (Å²) in [6.45, 7) is 7.63. The van der Waals surface area contributed by atoms with Crippen LogP contribution in [0.25, 0.3) is 43.5 Å². The van der Waals surface area contributed by atoms with Gasteiger partial charge in [0.05, 0.1) is 29.2 Å². The summed E-state index contributed by atoms with van der Waals surface area (Å²) in [7, 11) is -2.79. The first-order valence-electron chi connectivity index (χ1n) is 15.9. The van der Waals surface area contributed by atoms with E-state index < -0.39 is 8.07 Å². The van der Waals surface area contributed by atoms with Crippen molar-refractivity contribution in [2.24, 2.45) is 0 Å². The first-order valence-corrected chi connectivity index (χ1v) is 17.9. The van der Waals surface area contributed by atoms with Crippen LogP contribution in [0, 0.1) is 17.9 Å². The number of aromatic nitrogens is 1. The Balaban J connectivity index is 1.41. The second-order valence-corrected chi connectivity index (χ2v) is 15.7. The number of hydrogen-bond acceptors (Lipinski definition) is 1. The fourth-order valence-electron chi connectivity index (χ4n) is 7.33. The first-order chi connectivity index (χ1) is 23.7. The fraction of sp³-hybridized carbons (Fsp3) is 0. The summed E-state index contributed by atoms with van der Waals surface area (Å²) in [6.07, 6.45) is 0. The smallest absolute Gasteiger partial charge is 0.188 e. The van der Waals surface area contributed by atoms with Crippen molar-refractivity contribution >= 4 is 56.3 Å². The Kier molecular flexibility index (Phi) is 7.27.